The number of hydrogen-bond donors (Lipinski definition) is 1. The Hall–Kier alpha value is -3.51. The molecule has 9 nitrogen and oxygen atoms in total. The van der Waals surface area contributed by atoms with E-state index in [1.165, 1.54) is 12.0 Å². The van der Waals surface area contributed by atoms with Crippen LogP contribution in [0, 0.1) is 15.9 Å². The van der Waals surface area contributed by atoms with E-state index in [0.717, 1.165) is 30.0 Å². The Balaban J connectivity index is 1.79. The molecule has 1 aliphatic heterocycles. The minimum atomic E-state index is -0.947. The molecule has 0 bridgehead atoms. The topological polar surface area (TPSA) is 119 Å². The molecule has 2 aromatic carbocycles. The third-order valence-electron chi connectivity index (χ3n) is 4.75. The molecule has 0 atom stereocenters. The van der Waals surface area contributed by atoms with Crippen LogP contribution < -0.4 is 9.47 Å². The SMILES string of the molecule is COc1ccc(/C=C2\SC(=S)N(CCCC(=O)O)C2=O)cc1COc1cc(F)ccc1[N+](=O)[O-]. The minimum absolute atomic E-state index is 0.0680. The molecule has 34 heavy (non-hydrogen) atoms. The van der Waals surface area contributed by atoms with Crippen LogP contribution in [0.1, 0.15) is 24.0 Å². The van der Waals surface area contributed by atoms with Crippen LogP contribution in [-0.2, 0) is 16.2 Å². The van der Waals surface area contributed by atoms with Gasteiger partial charge in [-0.3, -0.25) is 24.6 Å². The first kappa shape index (κ1) is 25.1. The number of carbonyl (C=O) groups excluding carboxylic acids is 1. The van der Waals surface area contributed by atoms with Gasteiger partial charge in [0.05, 0.1) is 16.9 Å². The summed E-state index contributed by atoms with van der Waals surface area (Å²) in [6.45, 7) is 0.0632. The van der Waals surface area contributed by atoms with Crippen molar-refractivity contribution in [1.29, 1.82) is 0 Å². The first-order chi connectivity index (χ1) is 16.2. The van der Waals surface area contributed by atoms with Gasteiger partial charge in [0, 0.05) is 30.7 Å². The van der Waals surface area contributed by atoms with Crippen LogP contribution in [-0.4, -0.2) is 44.8 Å². The normalized spacial score (nSPS) is 14.5. The van der Waals surface area contributed by atoms with Crippen molar-refractivity contribution in [2.45, 2.75) is 19.4 Å². The smallest absolute Gasteiger partial charge is 0.311 e. The highest BCUT2D eigenvalue weighted by Crippen LogP contribution is 2.34. The van der Waals surface area contributed by atoms with Crippen molar-refractivity contribution < 1.29 is 33.5 Å². The number of rotatable bonds is 10. The van der Waals surface area contributed by atoms with Gasteiger partial charge in [-0.15, -0.1) is 0 Å². The van der Waals surface area contributed by atoms with Gasteiger partial charge in [0.1, 0.15) is 22.5 Å². The molecule has 1 amide bonds. The maximum Gasteiger partial charge on any atom is 0.311 e. The van der Waals surface area contributed by atoms with Gasteiger partial charge >= 0.3 is 11.7 Å². The fraction of sp³-hybridized carbons (Fsp3) is 0.227. The summed E-state index contributed by atoms with van der Waals surface area (Å²) in [6.07, 6.45) is 1.84. The zero-order chi connectivity index (χ0) is 24.8. The molecule has 3 rings (SSSR count). The number of carboxylic acid groups (broad SMARTS) is 1. The quantitative estimate of drug-likeness (QED) is 0.217. The molecule has 0 spiro atoms. The molecule has 0 aliphatic carbocycles. The van der Waals surface area contributed by atoms with Crippen LogP contribution >= 0.6 is 24.0 Å². The lowest BCUT2D eigenvalue weighted by Crippen LogP contribution is -2.29. The minimum Gasteiger partial charge on any atom is -0.496 e. The second-order valence-electron chi connectivity index (χ2n) is 7.06. The van der Waals surface area contributed by atoms with Gasteiger partial charge in [-0.25, -0.2) is 4.39 Å². The van der Waals surface area contributed by atoms with Gasteiger partial charge in [0.2, 0.25) is 0 Å². The second-order valence-corrected chi connectivity index (χ2v) is 8.74. The molecule has 2 aromatic rings. The van der Waals surface area contributed by atoms with E-state index < -0.39 is 16.7 Å². The largest absolute Gasteiger partial charge is 0.496 e. The highest BCUT2D eigenvalue weighted by molar-refractivity contribution is 8.26. The Kier molecular flexibility index (Phi) is 8.18. The Morgan fingerprint density at radius 3 is 2.74 bits per heavy atom. The number of aliphatic carboxylic acids is 1. The number of carboxylic acids is 1. The summed E-state index contributed by atoms with van der Waals surface area (Å²) in [5, 5.41) is 20.0. The summed E-state index contributed by atoms with van der Waals surface area (Å²) in [5.41, 5.74) is 0.772. The number of thiocarbonyl (C=S) groups is 1. The van der Waals surface area contributed by atoms with E-state index in [4.69, 9.17) is 26.8 Å². The number of thioether (sulfide) groups is 1. The predicted molar refractivity (Wildman–Crippen MR) is 127 cm³/mol. The van der Waals surface area contributed by atoms with Crippen molar-refractivity contribution >= 4 is 51.9 Å². The number of nitro groups is 1. The van der Waals surface area contributed by atoms with Crippen LogP contribution in [0.4, 0.5) is 10.1 Å². The number of hydrogen-bond acceptors (Lipinski definition) is 8. The molecule has 0 aromatic heterocycles. The highest BCUT2D eigenvalue weighted by Gasteiger charge is 2.31. The van der Waals surface area contributed by atoms with E-state index in [1.807, 2.05) is 0 Å². The van der Waals surface area contributed by atoms with E-state index >= 15 is 0 Å². The average molecular weight is 507 g/mol. The van der Waals surface area contributed by atoms with Crippen molar-refractivity contribution in [3.63, 3.8) is 0 Å². The lowest BCUT2D eigenvalue weighted by atomic mass is 10.1. The third-order valence-corrected chi connectivity index (χ3v) is 6.13. The summed E-state index contributed by atoms with van der Waals surface area (Å²) >= 11 is 6.36. The lowest BCUT2D eigenvalue weighted by molar-refractivity contribution is -0.386. The summed E-state index contributed by atoms with van der Waals surface area (Å²) in [4.78, 5) is 35.7. The van der Waals surface area contributed by atoms with Gasteiger partial charge in [-0.05, 0) is 36.3 Å². The lowest BCUT2D eigenvalue weighted by Gasteiger charge is -2.13. The van der Waals surface area contributed by atoms with E-state index in [1.54, 1.807) is 24.3 Å². The Bertz CT molecular complexity index is 1190. The number of nitro benzene ring substituents is 1. The maximum atomic E-state index is 13.6. The van der Waals surface area contributed by atoms with Crippen molar-refractivity contribution in [2.24, 2.45) is 0 Å². The van der Waals surface area contributed by atoms with Gasteiger partial charge in [0.25, 0.3) is 5.91 Å². The Morgan fingerprint density at radius 1 is 1.29 bits per heavy atom. The van der Waals surface area contributed by atoms with E-state index in [9.17, 15) is 24.1 Å². The van der Waals surface area contributed by atoms with E-state index in [0.29, 0.717) is 26.1 Å². The fourth-order valence-corrected chi connectivity index (χ4v) is 4.45. The summed E-state index contributed by atoms with van der Waals surface area (Å²) < 4.78 is 24.8. The number of benzene rings is 2. The van der Waals surface area contributed by atoms with Crippen LogP contribution in [0.5, 0.6) is 11.5 Å². The first-order valence-electron chi connectivity index (χ1n) is 9.90. The molecule has 0 radical (unpaired) electrons. The van der Waals surface area contributed by atoms with Gasteiger partial charge in [-0.1, -0.05) is 30.0 Å². The maximum absolute atomic E-state index is 13.6. The van der Waals surface area contributed by atoms with Gasteiger partial charge in [-0.2, -0.15) is 0 Å². The standard InChI is InChI=1S/C22H19FN2O7S2/c1-31-17-7-4-13(10-19-21(28)24(22(33)34-19)8-2-3-20(26)27)9-14(17)12-32-18-11-15(23)5-6-16(18)25(29)30/h4-7,9-11H,2-3,8,12H2,1H3,(H,26,27)/b19-10-. The van der Waals surface area contributed by atoms with Crippen molar-refractivity contribution in [3.05, 3.63) is 68.4 Å². The monoisotopic (exact) mass is 506 g/mol. The van der Waals surface area contributed by atoms with E-state index in [2.05, 4.69) is 0 Å². The molecule has 12 heteroatoms. The number of methoxy groups -OCH3 is 1. The third kappa shape index (κ3) is 6.08. The fourth-order valence-electron chi connectivity index (χ4n) is 3.14. The van der Waals surface area contributed by atoms with Crippen molar-refractivity contribution in [3.8, 4) is 11.5 Å². The zero-order valence-corrected chi connectivity index (χ0v) is 19.5. The molecular weight excluding hydrogens is 487 g/mol. The molecule has 178 valence electrons. The summed E-state index contributed by atoms with van der Waals surface area (Å²) in [5.74, 6) is -1.72. The number of amides is 1. The first-order valence-corrected chi connectivity index (χ1v) is 11.1. The molecule has 1 aliphatic rings. The Labute approximate surface area is 203 Å². The molecule has 1 fully saturated rings. The van der Waals surface area contributed by atoms with Gasteiger partial charge < -0.3 is 14.6 Å². The molecule has 1 heterocycles. The van der Waals surface area contributed by atoms with Crippen LogP contribution in [0.3, 0.4) is 0 Å². The summed E-state index contributed by atoms with van der Waals surface area (Å²) in [7, 11) is 1.45. The average Bonchev–Trinajstić information content (AvgIpc) is 3.04. The zero-order valence-electron chi connectivity index (χ0n) is 17.9. The second kappa shape index (κ2) is 11.1. The van der Waals surface area contributed by atoms with E-state index in [-0.39, 0.29) is 43.3 Å². The van der Waals surface area contributed by atoms with Crippen LogP contribution in [0.15, 0.2) is 41.3 Å². The van der Waals surface area contributed by atoms with Gasteiger partial charge in [0.15, 0.2) is 5.75 Å². The highest BCUT2D eigenvalue weighted by atomic mass is 32.2. The number of halogens is 1. The van der Waals surface area contributed by atoms with Crippen molar-refractivity contribution in [1.82, 2.24) is 4.90 Å². The van der Waals surface area contributed by atoms with Crippen LogP contribution in [0.2, 0.25) is 0 Å². The number of nitrogens with zero attached hydrogens (tertiary/aromatic N) is 2. The predicted octanol–water partition coefficient (Wildman–Crippen LogP) is 4.39. The Morgan fingerprint density at radius 2 is 2.06 bits per heavy atom. The van der Waals surface area contributed by atoms with Crippen LogP contribution in [0.25, 0.3) is 6.08 Å². The molecule has 0 unspecified atom stereocenters. The molecule has 0 saturated carbocycles. The number of carbonyl (C=O) groups is 2. The molecule has 1 N–H and O–H groups in total. The van der Waals surface area contributed by atoms with Crippen molar-refractivity contribution in [2.75, 3.05) is 13.7 Å². The summed E-state index contributed by atoms with van der Waals surface area (Å²) in [6, 6.07) is 7.98. The molecule has 1 saturated heterocycles. The number of ether oxygens (including phenoxy) is 2. The molecular formula is C22H19FN2O7S2.